The number of benzene rings is 2. The third-order valence-electron chi connectivity index (χ3n) is 7.70. The quantitative estimate of drug-likeness (QED) is 0.0559. The maximum absolute atomic E-state index is 14.9. The Kier molecular flexibility index (Phi) is 15.1. The number of ether oxygens (including phenoxy) is 2. The van der Waals surface area contributed by atoms with Crippen LogP contribution in [0.25, 0.3) is 11.4 Å². The second-order valence-electron chi connectivity index (χ2n) is 11.5. The van der Waals surface area contributed by atoms with Crippen LogP contribution in [0.2, 0.25) is 0 Å². The van der Waals surface area contributed by atoms with Gasteiger partial charge in [0.05, 0.1) is 16.7 Å². The summed E-state index contributed by atoms with van der Waals surface area (Å²) < 4.78 is 65.4. The molecular formula is C36H44F4N2O4. The fraction of sp³-hybridized carbons (Fsp3) is 0.500. The molecule has 1 unspecified atom stereocenters. The number of hydrogen-bond acceptors (Lipinski definition) is 6. The van der Waals surface area contributed by atoms with Crippen LogP contribution in [0.5, 0.6) is 5.75 Å². The van der Waals surface area contributed by atoms with Crippen LogP contribution in [0.15, 0.2) is 54.9 Å². The summed E-state index contributed by atoms with van der Waals surface area (Å²) in [6.45, 7) is 4.24. The number of carbonyl (C=O) groups excluding carboxylic acids is 2. The number of alkyl halides is 3. The van der Waals surface area contributed by atoms with Crippen LogP contribution in [-0.2, 0) is 11.2 Å². The van der Waals surface area contributed by atoms with Crippen molar-refractivity contribution in [3.8, 4) is 17.1 Å². The summed E-state index contributed by atoms with van der Waals surface area (Å²) in [5.74, 6) is -2.45. The molecule has 250 valence electrons. The molecule has 0 bridgehead atoms. The first kappa shape index (κ1) is 36.6. The highest BCUT2D eigenvalue weighted by Crippen LogP contribution is 2.29. The molecule has 3 aromatic rings. The largest absolute Gasteiger partial charge is 0.449 e. The molecule has 0 N–H and O–H groups in total. The molecule has 0 saturated heterocycles. The van der Waals surface area contributed by atoms with Crippen molar-refractivity contribution < 1.29 is 36.6 Å². The lowest BCUT2D eigenvalue weighted by atomic mass is 10.1. The Labute approximate surface area is 268 Å². The van der Waals surface area contributed by atoms with Crippen LogP contribution in [0.1, 0.15) is 124 Å². The van der Waals surface area contributed by atoms with E-state index < -0.39 is 30.0 Å². The molecule has 10 heteroatoms. The topological polar surface area (TPSA) is 78.4 Å². The van der Waals surface area contributed by atoms with Gasteiger partial charge in [-0.05, 0) is 73.7 Å². The van der Waals surface area contributed by atoms with Crippen molar-refractivity contribution in [1.29, 1.82) is 0 Å². The highest BCUT2D eigenvalue weighted by Gasteiger charge is 2.42. The Bertz CT molecular complexity index is 1360. The number of carbonyl (C=O) groups is 2. The van der Waals surface area contributed by atoms with Crippen LogP contribution in [0.3, 0.4) is 0 Å². The SMILES string of the molecule is CCCCCCCCc1cnc(-c2ccc(C(=O)Oc3ccc(C(=O)OC(CCCCCCCC)C(F)(F)F)cc3)cc2F)nc1. The molecule has 1 aromatic heterocycles. The highest BCUT2D eigenvalue weighted by atomic mass is 19.4. The van der Waals surface area contributed by atoms with Crippen molar-refractivity contribution in [3.63, 3.8) is 0 Å². The van der Waals surface area contributed by atoms with E-state index in [0.29, 0.717) is 12.8 Å². The number of unbranched alkanes of at least 4 members (excludes halogenated alkanes) is 10. The number of esters is 2. The maximum atomic E-state index is 14.9. The van der Waals surface area contributed by atoms with E-state index in [4.69, 9.17) is 9.47 Å². The van der Waals surface area contributed by atoms with E-state index in [9.17, 15) is 27.2 Å². The minimum atomic E-state index is -4.68. The van der Waals surface area contributed by atoms with Crippen LogP contribution in [-0.4, -0.2) is 34.2 Å². The van der Waals surface area contributed by atoms with Crippen LogP contribution < -0.4 is 4.74 Å². The average molecular weight is 645 g/mol. The summed E-state index contributed by atoms with van der Waals surface area (Å²) in [4.78, 5) is 33.7. The lowest BCUT2D eigenvalue weighted by Crippen LogP contribution is -2.33. The lowest BCUT2D eigenvalue weighted by molar-refractivity contribution is -0.206. The maximum Gasteiger partial charge on any atom is 0.425 e. The van der Waals surface area contributed by atoms with Gasteiger partial charge >= 0.3 is 18.1 Å². The fourth-order valence-corrected chi connectivity index (χ4v) is 4.98. The Balaban J connectivity index is 1.53. The summed E-state index contributed by atoms with van der Waals surface area (Å²) >= 11 is 0. The molecule has 1 atom stereocenters. The standard InChI is InChI=1S/C36H44F4N2O4/c1-3-5-7-9-11-13-15-26-24-41-33(42-25-26)30-22-19-28(23-31(30)37)35(44)45-29-20-17-27(18-21-29)34(43)46-32(36(38,39)40)16-14-12-10-8-6-4-2/h17-25,32H,3-16H2,1-2H3. The zero-order valence-electron chi connectivity index (χ0n) is 26.7. The van der Waals surface area contributed by atoms with Crippen molar-refractivity contribution in [3.05, 3.63) is 77.4 Å². The molecule has 0 radical (unpaired) electrons. The van der Waals surface area contributed by atoms with Gasteiger partial charge in [0.1, 0.15) is 11.6 Å². The molecule has 3 rings (SSSR count). The first-order valence-corrected chi connectivity index (χ1v) is 16.3. The molecule has 6 nitrogen and oxygen atoms in total. The Morgan fingerprint density at radius 3 is 1.89 bits per heavy atom. The van der Waals surface area contributed by atoms with Crippen molar-refractivity contribution in [2.45, 2.75) is 116 Å². The fourth-order valence-electron chi connectivity index (χ4n) is 4.98. The van der Waals surface area contributed by atoms with Gasteiger partial charge in [-0.3, -0.25) is 0 Å². The van der Waals surface area contributed by atoms with E-state index in [2.05, 4.69) is 23.8 Å². The van der Waals surface area contributed by atoms with Gasteiger partial charge in [-0.1, -0.05) is 78.1 Å². The predicted molar refractivity (Wildman–Crippen MR) is 169 cm³/mol. The van der Waals surface area contributed by atoms with Gasteiger partial charge in [-0.25, -0.2) is 23.9 Å². The summed E-state index contributed by atoms with van der Waals surface area (Å²) in [6.07, 6.45) is 8.97. The molecule has 0 aliphatic carbocycles. The molecular weight excluding hydrogens is 600 g/mol. The van der Waals surface area contributed by atoms with Crippen LogP contribution in [0.4, 0.5) is 17.6 Å². The lowest BCUT2D eigenvalue weighted by Gasteiger charge is -2.20. The smallest absolute Gasteiger partial charge is 0.425 e. The first-order valence-electron chi connectivity index (χ1n) is 16.3. The Morgan fingerprint density at radius 2 is 1.30 bits per heavy atom. The van der Waals surface area contributed by atoms with Crippen molar-refractivity contribution >= 4 is 11.9 Å². The van der Waals surface area contributed by atoms with E-state index >= 15 is 0 Å². The third kappa shape index (κ3) is 12.2. The normalized spacial score (nSPS) is 12.1. The van der Waals surface area contributed by atoms with E-state index in [1.165, 1.54) is 62.1 Å². The van der Waals surface area contributed by atoms with E-state index in [1.807, 2.05) is 0 Å². The van der Waals surface area contributed by atoms with Crippen LogP contribution in [0, 0.1) is 5.82 Å². The number of aryl methyl sites for hydroxylation is 1. The molecule has 2 aromatic carbocycles. The second kappa shape index (κ2) is 19.0. The van der Waals surface area contributed by atoms with Gasteiger partial charge in [0.15, 0.2) is 11.9 Å². The Hall–Kier alpha value is -3.82. The van der Waals surface area contributed by atoms with E-state index in [1.54, 1.807) is 12.4 Å². The molecule has 0 fully saturated rings. The molecule has 0 saturated carbocycles. The molecule has 0 spiro atoms. The van der Waals surface area contributed by atoms with Gasteiger partial charge in [0.25, 0.3) is 0 Å². The summed E-state index contributed by atoms with van der Waals surface area (Å²) in [5.41, 5.74) is 0.934. The average Bonchev–Trinajstić information content (AvgIpc) is 3.04. The highest BCUT2D eigenvalue weighted by molar-refractivity contribution is 5.92. The minimum Gasteiger partial charge on any atom is -0.449 e. The van der Waals surface area contributed by atoms with Gasteiger partial charge in [-0.2, -0.15) is 13.2 Å². The Morgan fingerprint density at radius 1 is 0.739 bits per heavy atom. The van der Waals surface area contributed by atoms with Gasteiger partial charge < -0.3 is 9.47 Å². The molecule has 46 heavy (non-hydrogen) atoms. The number of rotatable bonds is 19. The third-order valence-corrected chi connectivity index (χ3v) is 7.70. The summed E-state index contributed by atoms with van der Waals surface area (Å²) in [7, 11) is 0. The van der Waals surface area contributed by atoms with Gasteiger partial charge in [-0.15, -0.1) is 0 Å². The second-order valence-corrected chi connectivity index (χ2v) is 11.5. The zero-order valence-corrected chi connectivity index (χ0v) is 26.7. The molecule has 0 aliphatic heterocycles. The summed E-state index contributed by atoms with van der Waals surface area (Å²) in [5, 5.41) is 0. The summed E-state index contributed by atoms with van der Waals surface area (Å²) in [6, 6.07) is 8.75. The number of halogens is 4. The monoisotopic (exact) mass is 644 g/mol. The molecule has 0 amide bonds. The minimum absolute atomic E-state index is 0.0229. The predicted octanol–water partition coefficient (Wildman–Crippen LogP) is 10.2. The van der Waals surface area contributed by atoms with Crippen molar-refractivity contribution in [2.24, 2.45) is 0 Å². The molecule has 1 heterocycles. The van der Waals surface area contributed by atoms with Crippen molar-refractivity contribution in [1.82, 2.24) is 9.97 Å². The van der Waals surface area contributed by atoms with E-state index in [0.717, 1.165) is 56.6 Å². The number of nitrogens with zero attached hydrogens (tertiary/aromatic N) is 2. The van der Waals surface area contributed by atoms with Gasteiger partial charge in [0, 0.05) is 12.4 Å². The van der Waals surface area contributed by atoms with Crippen molar-refractivity contribution in [2.75, 3.05) is 0 Å². The first-order chi connectivity index (χ1) is 22.1. The van der Waals surface area contributed by atoms with Gasteiger partial charge in [0.2, 0.25) is 0 Å². The van der Waals surface area contributed by atoms with E-state index in [-0.39, 0.29) is 34.7 Å². The number of aromatic nitrogens is 2. The zero-order chi connectivity index (χ0) is 33.4. The van der Waals surface area contributed by atoms with Crippen LogP contribution >= 0.6 is 0 Å². The number of hydrogen-bond donors (Lipinski definition) is 0. The molecule has 0 aliphatic rings.